The first kappa shape index (κ1) is 18.4. The van der Waals surface area contributed by atoms with Gasteiger partial charge in [0.05, 0.1) is 16.9 Å². The summed E-state index contributed by atoms with van der Waals surface area (Å²) in [6.45, 7) is 1.45. The predicted molar refractivity (Wildman–Crippen MR) is 89.3 cm³/mol. The van der Waals surface area contributed by atoms with E-state index < -0.39 is 23.8 Å². The van der Waals surface area contributed by atoms with Crippen LogP contribution in [0.3, 0.4) is 0 Å². The highest BCUT2D eigenvalue weighted by atomic mass is 19.4. The van der Waals surface area contributed by atoms with Crippen molar-refractivity contribution in [2.75, 3.05) is 5.32 Å². The molecule has 0 aliphatic rings. The molecule has 7 nitrogen and oxygen atoms in total. The topological polar surface area (TPSA) is 81.9 Å². The van der Waals surface area contributed by atoms with E-state index in [0.29, 0.717) is 11.4 Å². The van der Waals surface area contributed by atoms with Crippen LogP contribution in [0.1, 0.15) is 12.5 Å². The van der Waals surface area contributed by atoms with Crippen molar-refractivity contribution in [3.8, 4) is 11.4 Å². The van der Waals surface area contributed by atoms with Gasteiger partial charge in [-0.15, -0.1) is 5.10 Å². The largest absolute Gasteiger partial charge is 0.481 e. The number of amides is 1. The lowest BCUT2D eigenvalue weighted by Gasteiger charge is -2.17. The van der Waals surface area contributed by atoms with Crippen molar-refractivity contribution in [1.29, 1.82) is 0 Å². The molecule has 0 aliphatic heterocycles. The molecular formula is C17H14F3N5O2. The average Bonchev–Trinajstić information content (AvgIpc) is 3.16. The lowest BCUT2D eigenvalue weighted by atomic mass is 10.1. The second kappa shape index (κ2) is 7.44. The van der Waals surface area contributed by atoms with Crippen LogP contribution in [0.25, 0.3) is 5.69 Å². The van der Waals surface area contributed by atoms with Crippen LogP contribution in [-0.2, 0) is 11.0 Å². The number of halogens is 3. The maximum Gasteiger partial charge on any atom is 0.418 e. The van der Waals surface area contributed by atoms with Gasteiger partial charge in [-0.25, -0.2) is 4.68 Å². The smallest absolute Gasteiger partial charge is 0.418 e. The minimum Gasteiger partial charge on any atom is -0.481 e. The van der Waals surface area contributed by atoms with Gasteiger partial charge in [0.15, 0.2) is 6.10 Å². The molecule has 1 N–H and O–H groups in total. The Morgan fingerprint density at radius 1 is 1.15 bits per heavy atom. The number of alkyl halides is 3. The number of nitrogens with zero attached hydrogens (tertiary/aromatic N) is 4. The third-order valence-electron chi connectivity index (χ3n) is 3.62. The molecular weight excluding hydrogens is 363 g/mol. The summed E-state index contributed by atoms with van der Waals surface area (Å²) < 4.78 is 45.9. The number of hydrogen-bond acceptors (Lipinski definition) is 5. The van der Waals surface area contributed by atoms with Crippen molar-refractivity contribution in [2.24, 2.45) is 0 Å². The van der Waals surface area contributed by atoms with E-state index in [1.165, 1.54) is 36.1 Å². The van der Waals surface area contributed by atoms with E-state index in [4.69, 9.17) is 4.74 Å². The molecule has 1 atom stereocenters. The summed E-state index contributed by atoms with van der Waals surface area (Å²) in [5, 5.41) is 13.0. The summed E-state index contributed by atoms with van der Waals surface area (Å²) in [6, 6.07) is 11.3. The Kier molecular flexibility index (Phi) is 5.06. The Bertz CT molecular complexity index is 911. The summed E-state index contributed by atoms with van der Waals surface area (Å²) in [7, 11) is 0. The summed E-state index contributed by atoms with van der Waals surface area (Å²) in [4.78, 5) is 12.2. The van der Waals surface area contributed by atoms with E-state index in [9.17, 15) is 18.0 Å². The molecule has 0 fully saturated rings. The van der Waals surface area contributed by atoms with Gasteiger partial charge in [-0.1, -0.05) is 12.1 Å². The van der Waals surface area contributed by atoms with Gasteiger partial charge in [-0.05, 0) is 53.7 Å². The number of para-hydroxylation sites is 1. The van der Waals surface area contributed by atoms with Crippen LogP contribution < -0.4 is 10.1 Å². The molecule has 1 unspecified atom stereocenters. The van der Waals surface area contributed by atoms with Gasteiger partial charge >= 0.3 is 6.18 Å². The lowest BCUT2D eigenvalue weighted by Crippen LogP contribution is -2.31. The van der Waals surface area contributed by atoms with Gasteiger partial charge in [-0.2, -0.15) is 13.2 Å². The zero-order valence-electron chi connectivity index (χ0n) is 14.0. The fourth-order valence-electron chi connectivity index (χ4n) is 2.29. The normalized spacial score (nSPS) is 12.4. The molecule has 0 spiro atoms. The molecule has 3 aromatic rings. The number of tetrazole rings is 1. The summed E-state index contributed by atoms with van der Waals surface area (Å²) in [5.41, 5.74) is -0.556. The molecule has 140 valence electrons. The zero-order chi connectivity index (χ0) is 19.4. The Hall–Kier alpha value is -3.43. The van der Waals surface area contributed by atoms with Crippen molar-refractivity contribution in [1.82, 2.24) is 20.2 Å². The monoisotopic (exact) mass is 377 g/mol. The number of aromatic nitrogens is 4. The molecule has 1 amide bonds. The van der Waals surface area contributed by atoms with Crippen molar-refractivity contribution in [3.63, 3.8) is 0 Å². The van der Waals surface area contributed by atoms with E-state index in [1.807, 2.05) is 0 Å². The number of anilines is 1. The van der Waals surface area contributed by atoms with Gasteiger partial charge in [0.2, 0.25) is 0 Å². The second-order valence-electron chi connectivity index (χ2n) is 5.54. The van der Waals surface area contributed by atoms with Crippen LogP contribution in [0.2, 0.25) is 0 Å². The van der Waals surface area contributed by atoms with Crippen LogP contribution in [0, 0.1) is 0 Å². The van der Waals surface area contributed by atoms with Gasteiger partial charge in [0.25, 0.3) is 5.91 Å². The number of rotatable bonds is 5. The minimum absolute atomic E-state index is 0.320. The molecule has 1 aromatic heterocycles. The van der Waals surface area contributed by atoms with Gasteiger partial charge in [-0.3, -0.25) is 4.79 Å². The molecule has 1 heterocycles. The highest BCUT2D eigenvalue weighted by Gasteiger charge is 2.34. The fourth-order valence-corrected chi connectivity index (χ4v) is 2.29. The van der Waals surface area contributed by atoms with E-state index in [1.54, 1.807) is 24.3 Å². The molecule has 0 aliphatic carbocycles. The van der Waals surface area contributed by atoms with Crippen molar-refractivity contribution < 1.29 is 22.7 Å². The molecule has 0 bridgehead atoms. The highest BCUT2D eigenvalue weighted by Crippen LogP contribution is 2.34. The number of hydrogen-bond donors (Lipinski definition) is 1. The molecule has 0 saturated carbocycles. The maximum atomic E-state index is 13.0. The first-order valence-corrected chi connectivity index (χ1v) is 7.82. The van der Waals surface area contributed by atoms with Gasteiger partial charge < -0.3 is 10.1 Å². The quantitative estimate of drug-likeness (QED) is 0.739. The Balaban J connectivity index is 1.66. The molecule has 27 heavy (non-hydrogen) atoms. The van der Waals surface area contributed by atoms with Crippen molar-refractivity contribution in [3.05, 3.63) is 60.4 Å². The van der Waals surface area contributed by atoms with E-state index in [-0.39, 0.29) is 5.69 Å². The first-order valence-electron chi connectivity index (χ1n) is 7.82. The third kappa shape index (κ3) is 4.40. The molecule has 3 rings (SSSR count). The number of ether oxygens (including phenoxy) is 1. The summed E-state index contributed by atoms with van der Waals surface area (Å²) in [6.07, 6.45) is -4.16. The van der Waals surface area contributed by atoms with Gasteiger partial charge in [0, 0.05) is 0 Å². The van der Waals surface area contributed by atoms with Crippen LogP contribution in [0.4, 0.5) is 18.9 Å². The average molecular weight is 377 g/mol. The number of carbonyl (C=O) groups excluding carboxylic acids is 1. The van der Waals surface area contributed by atoms with Crippen LogP contribution >= 0.6 is 0 Å². The van der Waals surface area contributed by atoms with E-state index >= 15 is 0 Å². The predicted octanol–water partition coefficient (Wildman–Crippen LogP) is 3.09. The zero-order valence-corrected chi connectivity index (χ0v) is 14.0. The van der Waals surface area contributed by atoms with Crippen molar-refractivity contribution in [2.45, 2.75) is 19.2 Å². The van der Waals surface area contributed by atoms with E-state index in [0.717, 1.165) is 6.07 Å². The SMILES string of the molecule is CC(Oc1ccc(-n2cnnn2)cc1)C(=O)Nc1ccccc1C(F)(F)F. The minimum atomic E-state index is -4.57. The molecule has 0 radical (unpaired) electrons. The molecule has 0 saturated heterocycles. The first-order chi connectivity index (χ1) is 12.8. The summed E-state index contributed by atoms with van der Waals surface area (Å²) in [5.74, 6) is -0.324. The van der Waals surface area contributed by atoms with Crippen LogP contribution in [0.5, 0.6) is 5.75 Å². The maximum absolute atomic E-state index is 13.0. The van der Waals surface area contributed by atoms with Crippen LogP contribution in [0.15, 0.2) is 54.9 Å². The standard InChI is InChI=1S/C17H14F3N5O2/c1-11(16(26)22-15-5-3-2-4-14(15)17(18,19)20)27-13-8-6-12(7-9-13)25-10-21-23-24-25/h2-11H,1H3,(H,22,26). The second-order valence-corrected chi connectivity index (χ2v) is 5.54. The number of nitrogens with one attached hydrogen (secondary N) is 1. The third-order valence-corrected chi connectivity index (χ3v) is 3.62. The molecule has 10 heteroatoms. The summed E-state index contributed by atoms with van der Waals surface area (Å²) >= 11 is 0. The highest BCUT2D eigenvalue weighted by molar-refractivity contribution is 5.94. The Labute approximate surface area is 151 Å². The Morgan fingerprint density at radius 3 is 2.48 bits per heavy atom. The number of benzene rings is 2. The Morgan fingerprint density at radius 2 is 1.85 bits per heavy atom. The lowest BCUT2D eigenvalue weighted by molar-refractivity contribution is -0.137. The fraction of sp³-hybridized carbons (Fsp3) is 0.176. The van der Waals surface area contributed by atoms with Crippen molar-refractivity contribution >= 4 is 11.6 Å². The molecule has 2 aromatic carbocycles. The van der Waals surface area contributed by atoms with E-state index in [2.05, 4.69) is 20.8 Å². The number of carbonyl (C=O) groups is 1. The van der Waals surface area contributed by atoms with Gasteiger partial charge in [0.1, 0.15) is 12.1 Å². The van der Waals surface area contributed by atoms with Crippen LogP contribution in [-0.4, -0.2) is 32.2 Å².